The van der Waals surface area contributed by atoms with Gasteiger partial charge in [0.25, 0.3) is 5.91 Å². The third-order valence-corrected chi connectivity index (χ3v) is 1.90. The monoisotopic (exact) mass is 210 g/mol. The van der Waals surface area contributed by atoms with Gasteiger partial charge in [-0.15, -0.1) is 0 Å². The Morgan fingerprint density at radius 2 is 2.27 bits per heavy atom. The summed E-state index contributed by atoms with van der Waals surface area (Å²) in [5.74, 6) is -0.134. The number of amides is 1. The molecule has 0 aromatic carbocycles. The first-order chi connectivity index (χ1) is 7.09. The van der Waals surface area contributed by atoms with E-state index in [1.807, 2.05) is 6.92 Å². The molecule has 1 aromatic heterocycles. The van der Waals surface area contributed by atoms with Gasteiger partial charge in [0.05, 0.1) is 0 Å². The first-order valence-electron chi connectivity index (χ1n) is 5.13. The molecule has 1 heterocycles. The van der Waals surface area contributed by atoms with Gasteiger partial charge in [0, 0.05) is 24.8 Å². The lowest BCUT2D eigenvalue weighted by atomic mass is 10.3. The predicted octanol–water partition coefficient (Wildman–Crippen LogP) is 0.446. The molecule has 0 aliphatic heterocycles. The number of aryl methyl sites for hydroxylation is 1. The van der Waals surface area contributed by atoms with Crippen molar-refractivity contribution in [2.75, 3.05) is 13.1 Å². The van der Waals surface area contributed by atoms with Crippen LogP contribution in [0.4, 0.5) is 0 Å². The average Bonchev–Trinajstić information content (AvgIpc) is 2.59. The number of aromatic nitrogens is 2. The van der Waals surface area contributed by atoms with Gasteiger partial charge in [0.15, 0.2) is 0 Å². The number of aromatic amines is 1. The largest absolute Gasteiger partial charge is 0.349 e. The molecule has 1 rings (SSSR count). The fraction of sp³-hybridized carbons (Fsp3) is 0.600. The number of hydrogen-bond donors (Lipinski definition) is 3. The number of nitrogens with zero attached hydrogens (tertiary/aromatic N) is 1. The summed E-state index contributed by atoms with van der Waals surface area (Å²) in [5, 5.41) is 12.6. The first-order valence-corrected chi connectivity index (χ1v) is 5.13. The molecule has 84 valence electrons. The highest BCUT2D eigenvalue weighted by Gasteiger charge is 2.07. The summed E-state index contributed by atoms with van der Waals surface area (Å²) in [6.45, 7) is 7.39. The maximum Gasteiger partial charge on any atom is 0.271 e. The highest BCUT2D eigenvalue weighted by atomic mass is 16.1. The lowest BCUT2D eigenvalue weighted by molar-refractivity contribution is 0.0948. The molecule has 5 nitrogen and oxygen atoms in total. The number of rotatable bonds is 5. The molecule has 0 radical (unpaired) electrons. The second-order valence-electron chi connectivity index (χ2n) is 3.80. The van der Waals surface area contributed by atoms with Gasteiger partial charge in [-0.25, -0.2) is 0 Å². The number of carbonyl (C=O) groups is 1. The van der Waals surface area contributed by atoms with Gasteiger partial charge in [-0.3, -0.25) is 9.89 Å². The molecule has 1 aromatic rings. The molecule has 5 heteroatoms. The van der Waals surface area contributed by atoms with Crippen LogP contribution in [0.1, 0.15) is 30.0 Å². The molecule has 0 spiro atoms. The average molecular weight is 210 g/mol. The Balaban J connectivity index is 2.25. The Bertz CT molecular complexity index is 319. The van der Waals surface area contributed by atoms with E-state index in [2.05, 4.69) is 34.7 Å². The van der Waals surface area contributed by atoms with Crippen molar-refractivity contribution in [1.29, 1.82) is 0 Å². The van der Waals surface area contributed by atoms with Crippen LogP contribution in [0.15, 0.2) is 6.07 Å². The van der Waals surface area contributed by atoms with Gasteiger partial charge in [-0.2, -0.15) is 5.10 Å². The standard InChI is InChI=1S/C10H18N4O/c1-7(2)11-4-5-12-10(15)9-6-8(3)13-14-9/h6-7,11H,4-5H2,1-3H3,(H,12,15)(H,13,14). The summed E-state index contributed by atoms with van der Waals surface area (Å²) in [6.07, 6.45) is 0. The van der Waals surface area contributed by atoms with Gasteiger partial charge < -0.3 is 10.6 Å². The lowest BCUT2D eigenvalue weighted by Crippen LogP contribution is -2.34. The number of hydrogen-bond acceptors (Lipinski definition) is 3. The van der Waals surface area contributed by atoms with Gasteiger partial charge in [0.1, 0.15) is 5.69 Å². The van der Waals surface area contributed by atoms with Crippen molar-refractivity contribution in [2.24, 2.45) is 0 Å². The van der Waals surface area contributed by atoms with Crippen LogP contribution < -0.4 is 10.6 Å². The van der Waals surface area contributed by atoms with Gasteiger partial charge in [-0.1, -0.05) is 13.8 Å². The summed E-state index contributed by atoms with van der Waals surface area (Å²) in [6, 6.07) is 2.17. The summed E-state index contributed by atoms with van der Waals surface area (Å²) in [4.78, 5) is 11.5. The minimum atomic E-state index is -0.134. The fourth-order valence-corrected chi connectivity index (χ4v) is 1.16. The number of carbonyl (C=O) groups excluding carboxylic acids is 1. The summed E-state index contributed by atoms with van der Waals surface area (Å²) >= 11 is 0. The van der Waals surface area contributed by atoms with Crippen LogP contribution in [0.5, 0.6) is 0 Å². The third kappa shape index (κ3) is 4.12. The summed E-state index contributed by atoms with van der Waals surface area (Å²) < 4.78 is 0. The molecule has 0 aliphatic carbocycles. The smallest absolute Gasteiger partial charge is 0.271 e. The van der Waals surface area contributed by atoms with E-state index in [1.54, 1.807) is 6.07 Å². The highest BCUT2D eigenvalue weighted by Crippen LogP contribution is 1.96. The van der Waals surface area contributed by atoms with E-state index in [0.717, 1.165) is 12.2 Å². The fourth-order valence-electron chi connectivity index (χ4n) is 1.16. The van der Waals surface area contributed by atoms with Crippen molar-refractivity contribution < 1.29 is 4.79 Å². The maximum atomic E-state index is 11.5. The zero-order valence-electron chi connectivity index (χ0n) is 9.42. The normalized spacial score (nSPS) is 10.7. The van der Waals surface area contributed by atoms with E-state index in [1.165, 1.54) is 0 Å². The number of H-pyrrole nitrogens is 1. The molecular weight excluding hydrogens is 192 g/mol. The van der Waals surface area contributed by atoms with Crippen LogP contribution in [-0.2, 0) is 0 Å². The summed E-state index contributed by atoms with van der Waals surface area (Å²) in [7, 11) is 0. The molecule has 0 aliphatic rings. The van der Waals surface area contributed by atoms with E-state index in [0.29, 0.717) is 18.3 Å². The molecule has 0 atom stereocenters. The van der Waals surface area contributed by atoms with Crippen LogP contribution in [0.2, 0.25) is 0 Å². The predicted molar refractivity (Wildman–Crippen MR) is 58.8 cm³/mol. The molecule has 0 saturated carbocycles. The minimum absolute atomic E-state index is 0.134. The lowest BCUT2D eigenvalue weighted by Gasteiger charge is -2.07. The Morgan fingerprint density at radius 1 is 1.53 bits per heavy atom. The maximum absolute atomic E-state index is 11.5. The zero-order valence-corrected chi connectivity index (χ0v) is 9.42. The Morgan fingerprint density at radius 3 is 2.80 bits per heavy atom. The number of nitrogens with one attached hydrogen (secondary N) is 3. The van der Waals surface area contributed by atoms with Crippen molar-refractivity contribution in [3.8, 4) is 0 Å². The van der Waals surface area contributed by atoms with Gasteiger partial charge in [0.2, 0.25) is 0 Å². The molecule has 3 N–H and O–H groups in total. The van der Waals surface area contributed by atoms with Gasteiger partial charge in [-0.05, 0) is 13.0 Å². The van der Waals surface area contributed by atoms with E-state index in [-0.39, 0.29) is 5.91 Å². The van der Waals surface area contributed by atoms with E-state index >= 15 is 0 Å². The molecule has 0 saturated heterocycles. The van der Waals surface area contributed by atoms with Crippen LogP contribution in [0.3, 0.4) is 0 Å². The van der Waals surface area contributed by atoms with E-state index in [9.17, 15) is 4.79 Å². The summed E-state index contributed by atoms with van der Waals surface area (Å²) in [5.41, 5.74) is 1.33. The highest BCUT2D eigenvalue weighted by molar-refractivity contribution is 5.92. The molecular formula is C10H18N4O. The quantitative estimate of drug-likeness (QED) is 0.618. The molecule has 0 fully saturated rings. The molecule has 15 heavy (non-hydrogen) atoms. The van der Waals surface area contributed by atoms with Crippen LogP contribution in [0.25, 0.3) is 0 Å². The third-order valence-electron chi connectivity index (χ3n) is 1.90. The van der Waals surface area contributed by atoms with Crippen molar-refractivity contribution in [3.05, 3.63) is 17.5 Å². The SMILES string of the molecule is Cc1cc(C(=O)NCCNC(C)C)n[nH]1. The van der Waals surface area contributed by atoms with Crippen molar-refractivity contribution in [1.82, 2.24) is 20.8 Å². The topological polar surface area (TPSA) is 69.8 Å². The van der Waals surface area contributed by atoms with Crippen LogP contribution in [-0.4, -0.2) is 35.2 Å². The molecule has 1 amide bonds. The minimum Gasteiger partial charge on any atom is -0.349 e. The van der Waals surface area contributed by atoms with E-state index in [4.69, 9.17) is 0 Å². The first kappa shape index (κ1) is 11.7. The Kier molecular flexibility index (Phi) is 4.30. The van der Waals surface area contributed by atoms with Crippen molar-refractivity contribution in [3.63, 3.8) is 0 Å². The molecule has 0 unspecified atom stereocenters. The van der Waals surface area contributed by atoms with Gasteiger partial charge >= 0.3 is 0 Å². The van der Waals surface area contributed by atoms with Crippen molar-refractivity contribution >= 4 is 5.91 Å². The Labute approximate surface area is 89.6 Å². The Hall–Kier alpha value is -1.36. The molecule has 0 bridgehead atoms. The second kappa shape index (κ2) is 5.50. The van der Waals surface area contributed by atoms with Crippen LogP contribution in [0, 0.1) is 6.92 Å². The van der Waals surface area contributed by atoms with Crippen molar-refractivity contribution in [2.45, 2.75) is 26.8 Å². The zero-order chi connectivity index (χ0) is 11.3. The van der Waals surface area contributed by atoms with E-state index < -0.39 is 0 Å². The second-order valence-corrected chi connectivity index (χ2v) is 3.80. The van der Waals surface area contributed by atoms with Crippen LogP contribution >= 0.6 is 0 Å².